The van der Waals surface area contributed by atoms with Crippen LogP contribution in [0.15, 0.2) is 73.8 Å². The number of halogens is 1. The monoisotopic (exact) mass is 526 g/mol. The Hall–Kier alpha value is -3.70. The molecule has 10 nitrogen and oxygen atoms in total. The maximum absolute atomic E-state index is 12.6. The fraction of sp³-hybridized carbons (Fsp3) is 0.217. The van der Waals surface area contributed by atoms with Crippen molar-refractivity contribution in [3.8, 4) is 5.75 Å². The Labute approximate surface area is 202 Å². The number of hydrogen-bond acceptors (Lipinski definition) is 7. The summed E-state index contributed by atoms with van der Waals surface area (Å²) < 4.78 is 9.30. The van der Waals surface area contributed by atoms with Gasteiger partial charge in [-0.15, -0.1) is 0 Å². The zero-order valence-electron chi connectivity index (χ0n) is 18.5. The van der Waals surface area contributed by atoms with Crippen molar-refractivity contribution in [2.75, 3.05) is 12.0 Å². The lowest BCUT2D eigenvalue weighted by atomic mass is 10.1. The summed E-state index contributed by atoms with van der Waals surface area (Å²) in [5.74, 6) is 0.805. The molecule has 3 N–H and O–H groups in total. The molecule has 176 valence electrons. The van der Waals surface area contributed by atoms with E-state index in [1.807, 2.05) is 49.4 Å². The molecule has 0 aliphatic carbocycles. The number of ether oxygens (including phenoxy) is 1. The minimum atomic E-state index is -0.975. The van der Waals surface area contributed by atoms with E-state index in [0.29, 0.717) is 11.5 Å². The van der Waals surface area contributed by atoms with Crippen LogP contribution in [0.2, 0.25) is 0 Å². The van der Waals surface area contributed by atoms with Crippen molar-refractivity contribution in [2.45, 2.75) is 19.6 Å². The van der Waals surface area contributed by atoms with Crippen LogP contribution in [0.1, 0.15) is 12.5 Å². The number of nitrogens with zero attached hydrogens (tertiary/aromatic N) is 4. The Kier molecular flexibility index (Phi) is 6.94. The van der Waals surface area contributed by atoms with Crippen LogP contribution in [0.4, 0.5) is 5.95 Å². The summed E-state index contributed by atoms with van der Waals surface area (Å²) in [6.07, 6.45) is -0.975. The van der Waals surface area contributed by atoms with Crippen molar-refractivity contribution in [3.63, 3.8) is 0 Å². The number of aromatic amines is 1. The molecule has 4 rings (SSSR count). The van der Waals surface area contributed by atoms with Gasteiger partial charge in [0.1, 0.15) is 18.5 Å². The Morgan fingerprint density at radius 1 is 1.21 bits per heavy atom. The van der Waals surface area contributed by atoms with Gasteiger partial charge in [-0.3, -0.25) is 14.3 Å². The van der Waals surface area contributed by atoms with Gasteiger partial charge in [0.25, 0.3) is 5.56 Å². The number of imidazole rings is 1. The van der Waals surface area contributed by atoms with Gasteiger partial charge in [0.05, 0.1) is 12.3 Å². The first-order valence-electron chi connectivity index (χ1n) is 10.4. The van der Waals surface area contributed by atoms with Gasteiger partial charge in [0.2, 0.25) is 5.95 Å². The predicted octanol–water partition coefficient (Wildman–Crippen LogP) is 2.46. The average molecular weight is 527 g/mol. The third kappa shape index (κ3) is 5.10. The second-order valence-corrected chi connectivity index (χ2v) is 8.55. The molecule has 0 aliphatic rings. The zero-order chi connectivity index (χ0) is 24.2. The third-order valence-corrected chi connectivity index (χ3v) is 5.70. The van der Waals surface area contributed by atoms with Gasteiger partial charge in [-0.05, 0) is 36.8 Å². The van der Waals surface area contributed by atoms with Crippen LogP contribution in [-0.2, 0) is 13.6 Å². The fourth-order valence-electron chi connectivity index (χ4n) is 3.36. The van der Waals surface area contributed by atoms with Crippen molar-refractivity contribution in [1.29, 1.82) is 0 Å². The Morgan fingerprint density at radius 2 is 1.91 bits per heavy atom. The van der Waals surface area contributed by atoms with E-state index in [-0.39, 0.29) is 30.3 Å². The molecule has 1 atom stereocenters. The SMILES string of the molecule is C/C(=N/Nc1nc2c(c(=O)[nH]c(=O)n2C)n1C[C@H](O)COc1ccc(Br)cc1)c1ccccc1. The molecule has 0 amide bonds. The Bertz CT molecular complexity index is 1440. The van der Waals surface area contributed by atoms with Crippen LogP contribution >= 0.6 is 15.9 Å². The number of aliphatic hydroxyl groups is 1. The van der Waals surface area contributed by atoms with Crippen molar-refractivity contribution < 1.29 is 9.84 Å². The lowest BCUT2D eigenvalue weighted by molar-refractivity contribution is 0.0938. The van der Waals surface area contributed by atoms with E-state index in [9.17, 15) is 14.7 Å². The Balaban J connectivity index is 1.64. The molecule has 4 aromatic rings. The second-order valence-electron chi connectivity index (χ2n) is 7.63. The quantitative estimate of drug-likeness (QED) is 0.239. The summed E-state index contributed by atoms with van der Waals surface area (Å²) in [6, 6.07) is 16.8. The largest absolute Gasteiger partial charge is 0.491 e. The number of anilines is 1. The molecule has 2 aromatic heterocycles. The average Bonchev–Trinajstić information content (AvgIpc) is 3.20. The summed E-state index contributed by atoms with van der Waals surface area (Å²) >= 11 is 3.36. The summed E-state index contributed by atoms with van der Waals surface area (Å²) in [7, 11) is 1.51. The lowest BCUT2D eigenvalue weighted by Gasteiger charge is -2.15. The topological polar surface area (TPSA) is 127 Å². The molecule has 0 fully saturated rings. The van der Waals surface area contributed by atoms with Crippen LogP contribution < -0.4 is 21.4 Å². The molecule has 0 unspecified atom stereocenters. The number of rotatable bonds is 8. The molecule has 2 heterocycles. The smallest absolute Gasteiger partial charge is 0.329 e. The molecular weight excluding hydrogens is 504 g/mol. The maximum Gasteiger partial charge on any atom is 0.329 e. The number of aromatic nitrogens is 4. The molecule has 2 aromatic carbocycles. The van der Waals surface area contributed by atoms with Crippen molar-refractivity contribution in [2.24, 2.45) is 12.1 Å². The normalized spacial score (nSPS) is 12.6. The molecule has 0 bridgehead atoms. The van der Waals surface area contributed by atoms with Crippen LogP contribution in [0.3, 0.4) is 0 Å². The van der Waals surface area contributed by atoms with Crippen LogP contribution in [0.5, 0.6) is 5.75 Å². The van der Waals surface area contributed by atoms with Gasteiger partial charge < -0.3 is 14.4 Å². The van der Waals surface area contributed by atoms with E-state index in [1.165, 1.54) is 16.2 Å². The second kappa shape index (κ2) is 10.1. The first-order chi connectivity index (χ1) is 16.3. The summed E-state index contributed by atoms with van der Waals surface area (Å²) in [4.78, 5) is 31.4. The van der Waals surface area contributed by atoms with Crippen LogP contribution in [0, 0.1) is 0 Å². The number of aliphatic hydroxyl groups excluding tert-OH is 1. The molecule has 0 spiro atoms. The van der Waals surface area contributed by atoms with Gasteiger partial charge in [-0.2, -0.15) is 10.1 Å². The number of hydrazone groups is 1. The van der Waals surface area contributed by atoms with Gasteiger partial charge >= 0.3 is 5.69 Å². The van der Waals surface area contributed by atoms with E-state index < -0.39 is 17.4 Å². The molecule has 0 radical (unpaired) electrons. The van der Waals surface area contributed by atoms with E-state index in [1.54, 1.807) is 12.1 Å². The highest BCUT2D eigenvalue weighted by molar-refractivity contribution is 9.10. The number of aryl methyl sites for hydroxylation is 1. The highest BCUT2D eigenvalue weighted by Gasteiger charge is 2.20. The van der Waals surface area contributed by atoms with E-state index in [4.69, 9.17) is 4.74 Å². The van der Waals surface area contributed by atoms with E-state index >= 15 is 0 Å². The van der Waals surface area contributed by atoms with E-state index in [0.717, 1.165) is 10.0 Å². The molecular formula is C23H23BrN6O4. The molecule has 0 aliphatic heterocycles. The van der Waals surface area contributed by atoms with Crippen LogP contribution in [-0.4, -0.2) is 42.6 Å². The van der Waals surface area contributed by atoms with Crippen molar-refractivity contribution in [1.82, 2.24) is 19.1 Å². The van der Waals surface area contributed by atoms with E-state index in [2.05, 4.69) is 36.4 Å². The molecule has 0 saturated carbocycles. The zero-order valence-corrected chi connectivity index (χ0v) is 20.1. The maximum atomic E-state index is 12.6. The lowest BCUT2D eigenvalue weighted by Crippen LogP contribution is -2.30. The first-order valence-corrected chi connectivity index (χ1v) is 11.2. The number of H-pyrrole nitrogens is 1. The molecule has 34 heavy (non-hydrogen) atoms. The van der Waals surface area contributed by atoms with Gasteiger partial charge in [-0.25, -0.2) is 10.2 Å². The Morgan fingerprint density at radius 3 is 2.62 bits per heavy atom. The first kappa shape index (κ1) is 23.5. The fourth-order valence-corrected chi connectivity index (χ4v) is 3.63. The number of benzene rings is 2. The molecule has 11 heteroatoms. The van der Waals surface area contributed by atoms with Gasteiger partial charge in [0, 0.05) is 11.5 Å². The highest BCUT2D eigenvalue weighted by Crippen LogP contribution is 2.19. The summed E-state index contributed by atoms with van der Waals surface area (Å²) in [5.41, 5.74) is 3.59. The number of nitrogens with one attached hydrogen (secondary N) is 2. The van der Waals surface area contributed by atoms with Crippen molar-refractivity contribution >= 4 is 38.8 Å². The van der Waals surface area contributed by atoms with Crippen molar-refractivity contribution in [3.05, 3.63) is 85.5 Å². The highest BCUT2D eigenvalue weighted by atomic mass is 79.9. The summed E-state index contributed by atoms with van der Waals surface area (Å²) in [5, 5.41) is 15.0. The number of fused-ring (bicyclic) bond motifs is 1. The summed E-state index contributed by atoms with van der Waals surface area (Å²) in [6.45, 7) is 1.80. The van der Waals surface area contributed by atoms with Gasteiger partial charge in [0.15, 0.2) is 11.2 Å². The van der Waals surface area contributed by atoms with Gasteiger partial charge in [-0.1, -0.05) is 46.3 Å². The standard InChI is InChI=1S/C23H23BrN6O4/c1-14(15-6-4-3-5-7-15)27-28-22-25-20-19(21(32)26-23(33)29(20)2)30(22)12-17(31)13-34-18-10-8-16(24)9-11-18/h3-11,17,31H,12-13H2,1-2H3,(H,25,28)(H,26,32,33)/b27-14-/t17-/m0/s1. The predicted molar refractivity (Wildman–Crippen MR) is 134 cm³/mol. The minimum Gasteiger partial charge on any atom is -0.491 e. The van der Waals surface area contributed by atoms with Crippen LogP contribution in [0.25, 0.3) is 11.2 Å². The third-order valence-electron chi connectivity index (χ3n) is 5.17. The number of hydrogen-bond donors (Lipinski definition) is 3. The minimum absolute atomic E-state index is 0.0171. The molecule has 0 saturated heterocycles.